The van der Waals surface area contributed by atoms with Crippen molar-refractivity contribution in [2.45, 2.75) is 32.9 Å². The Bertz CT molecular complexity index is 1270. The van der Waals surface area contributed by atoms with Crippen molar-refractivity contribution in [1.29, 1.82) is 0 Å². The van der Waals surface area contributed by atoms with Gasteiger partial charge in [0.15, 0.2) is 5.11 Å². The predicted molar refractivity (Wildman–Crippen MR) is 132 cm³/mol. The number of rotatable bonds is 4. The van der Waals surface area contributed by atoms with Gasteiger partial charge in [-0.15, -0.1) is 0 Å². The van der Waals surface area contributed by atoms with E-state index in [2.05, 4.69) is 88.0 Å². The maximum atomic E-state index is 5.88. The minimum absolute atomic E-state index is 0.0755. The molecule has 1 fully saturated rings. The van der Waals surface area contributed by atoms with E-state index < -0.39 is 0 Å². The van der Waals surface area contributed by atoms with E-state index in [-0.39, 0.29) is 12.1 Å². The Morgan fingerprint density at radius 2 is 1.75 bits per heavy atom. The Kier molecular flexibility index (Phi) is 5.23. The summed E-state index contributed by atoms with van der Waals surface area (Å²) >= 11 is 5.88. The molecule has 5 nitrogen and oxygen atoms in total. The van der Waals surface area contributed by atoms with Gasteiger partial charge < -0.3 is 14.8 Å². The first kappa shape index (κ1) is 20.4. The van der Waals surface area contributed by atoms with Crippen LogP contribution in [0.4, 0.5) is 5.69 Å². The number of thiocarbonyl (C=S) groups is 1. The molecule has 0 spiro atoms. The monoisotopic (exact) mass is 439 g/mol. The van der Waals surface area contributed by atoms with Gasteiger partial charge in [0, 0.05) is 29.5 Å². The molecule has 4 aromatic rings. The lowest BCUT2D eigenvalue weighted by Gasteiger charge is -2.29. The molecule has 1 aliphatic heterocycles. The third-order valence-electron chi connectivity index (χ3n) is 6.18. The fourth-order valence-corrected chi connectivity index (χ4v) is 4.78. The lowest BCUT2D eigenvalue weighted by Crippen LogP contribution is -2.30. The summed E-state index contributed by atoms with van der Waals surface area (Å²) in [5.74, 6) is 0. The summed E-state index contributed by atoms with van der Waals surface area (Å²) in [7, 11) is 0. The zero-order valence-electron chi connectivity index (χ0n) is 18.4. The molecule has 1 aliphatic rings. The zero-order chi connectivity index (χ0) is 22.2. The van der Waals surface area contributed by atoms with Crippen molar-refractivity contribution in [3.8, 4) is 5.69 Å². The second-order valence-corrected chi connectivity index (χ2v) is 8.60. The Morgan fingerprint density at radius 3 is 2.47 bits per heavy atom. The highest BCUT2D eigenvalue weighted by Crippen LogP contribution is 2.43. The maximum Gasteiger partial charge on any atom is 0.174 e. The smallest absolute Gasteiger partial charge is 0.174 e. The number of aromatic nitrogens is 3. The van der Waals surface area contributed by atoms with Crippen LogP contribution in [-0.2, 0) is 0 Å². The molecule has 0 aliphatic carbocycles. The van der Waals surface area contributed by atoms with Gasteiger partial charge in [-0.1, -0.05) is 12.1 Å². The fourth-order valence-electron chi connectivity index (χ4n) is 4.44. The van der Waals surface area contributed by atoms with Crippen molar-refractivity contribution in [3.05, 3.63) is 107 Å². The van der Waals surface area contributed by atoms with Gasteiger partial charge in [0.2, 0.25) is 0 Å². The Hall–Kier alpha value is -3.51. The zero-order valence-corrected chi connectivity index (χ0v) is 19.2. The number of anilines is 1. The van der Waals surface area contributed by atoms with Gasteiger partial charge in [0.05, 0.1) is 23.6 Å². The highest BCUT2D eigenvalue weighted by molar-refractivity contribution is 7.80. The van der Waals surface area contributed by atoms with Gasteiger partial charge in [-0.3, -0.25) is 9.97 Å². The largest absolute Gasteiger partial charge is 0.351 e. The van der Waals surface area contributed by atoms with E-state index in [0.717, 1.165) is 28.5 Å². The molecule has 1 aromatic carbocycles. The topological polar surface area (TPSA) is 46.0 Å². The summed E-state index contributed by atoms with van der Waals surface area (Å²) in [5.41, 5.74) is 7.85. The molecule has 160 valence electrons. The summed E-state index contributed by atoms with van der Waals surface area (Å²) in [6.45, 7) is 6.39. The van der Waals surface area contributed by atoms with Crippen LogP contribution in [0.1, 0.15) is 40.3 Å². The van der Waals surface area contributed by atoms with E-state index in [0.29, 0.717) is 5.11 Å². The van der Waals surface area contributed by atoms with Crippen LogP contribution in [0.15, 0.2) is 79.3 Å². The molecule has 0 bridgehead atoms. The normalized spacial score (nSPS) is 18.1. The van der Waals surface area contributed by atoms with Crippen molar-refractivity contribution in [1.82, 2.24) is 19.9 Å². The first-order valence-corrected chi connectivity index (χ1v) is 11.1. The molecule has 3 aromatic heterocycles. The molecule has 6 heteroatoms. The Balaban J connectivity index is 1.71. The summed E-state index contributed by atoms with van der Waals surface area (Å²) in [5, 5.41) is 4.25. The van der Waals surface area contributed by atoms with E-state index in [1.54, 1.807) is 6.20 Å². The van der Waals surface area contributed by atoms with Gasteiger partial charge >= 0.3 is 0 Å². The number of nitrogens with one attached hydrogen (secondary N) is 1. The molecular weight excluding hydrogens is 414 g/mol. The van der Waals surface area contributed by atoms with Crippen LogP contribution >= 0.6 is 12.2 Å². The minimum atomic E-state index is -0.0879. The summed E-state index contributed by atoms with van der Waals surface area (Å²) in [4.78, 5) is 11.2. The Morgan fingerprint density at radius 1 is 0.875 bits per heavy atom. The van der Waals surface area contributed by atoms with Gasteiger partial charge in [-0.2, -0.15) is 0 Å². The van der Waals surface area contributed by atoms with Gasteiger partial charge in [0.25, 0.3) is 0 Å². The molecule has 5 rings (SSSR count). The number of aryl methyl sites for hydroxylation is 3. The van der Waals surface area contributed by atoms with Crippen molar-refractivity contribution >= 4 is 23.0 Å². The lowest BCUT2D eigenvalue weighted by atomic mass is 10.00. The molecule has 32 heavy (non-hydrogen) atoms. The van der Waals surface area contributed by atoms with E-state index in [9.17, 15) is 0 Å². The number of nitrogens with zero attached hydrogens (tertiary/aromatic N) is 4. The van der Waals surface area contributed by atoms with Gasteiger partial charge in [-0.05, 0) is 92.6 Å². The molecule has 0 unspecified atom stereocenters. The van der Waals surface area contributed by atoms with E-state index in [1.807, 2.05) is 30.6 Å². The molecule has 1 N–H and O–H groups in total. The molecule has 0 amide bonds. The minimum Gasteiger partial charge on any atom is -0.351 e. The number of pyridine rings is 2. The lowest BCUT2D eigenvalue weighted by molar-refractivity contribution is 0.548. The highest BCUT2D eigenvalue weighted by atomic mass is 32.1. The van der Waals surface area contributed by atoms with Crippen molar-refractivity contribution in [2.24, 2.45) is 0 Å². The summed E-state index contributed by atoms with van der Waals surface area (Å²) in [6.07, 6.45) is 5.53. The third kappa shape index (κ3) is 3.46. The number of hydrogen-bond acceptors (Lipinski definition) is 3. The van der Waals surface area contributed by atoms with Gasteiger partial charge in [-0.25, -0.2) is 0 Å². The third-order valence-corrected chi connectivity index (χ3v) is 6.49. The van der Waals surface area contributed by atoms with Gasteiger partial charge in [0.1, 0.15) is 6.04 Å². The van der Waals surface area contributed by atoms with E-state index >= 15 is 0 Å². The standard InChI is InChI=1S/C26H25N5S/c1-17-9-11-20(15-18(17)2)31-25(24(29-26(31)32)22-8-4-5-14-28-22)23-12-10-19(3)30(23)21-7-6-13-27-16-21/h4-16,24-25H,1-3H3,(H,29,32)/t24-,25+/m1/s1. The average Bonchev–Trinajstić information content (AvgIpc) is 3.36. The number of benzene rings is 1. The van der Waals surface area contributed by atoms with E-state index in [4.69, 9.17) is 12.2 Å². The van der Waals surface area contributed by atoms with Crippen LogP contribution < -0.4 is 10.2 Å². The van der Waals surface area contributed by atoms with Crippen molar-refractivity contribution in [3.63, 3.8) is 0 Å². The molecule has 1 saturated heterocycles. The summed E-state index contributed by atoms with van der Waals surface area (Å²) in [6, 6.07) is 20.8. The van der Waals surface area contributed by atoms with E-state index in [1.165, 1.54) is 11.1 Å². The van der Waals surface area contributed by atoms with Crippen LogP contribution in [0.25, 0.3) is 5.69 Å². The van der Waals surface area contributed by atoms with Crippen molar-refractivity contribution in [2.75, 3.05) is 4.90 Å². The second kappa shape index (κ2) is 8.20. The van der Waals surface area contributed by atoms with Crippen LogP contribution in [0, 0.1) is 20.8 Å². The predicted octanol–water partition coefficient (Wildman–Crippen LogP) is 5.37. The van der Waals surface area contributed by atoms with Crippen LogP contribution in [0.3, 0.4) is 0 Å². The van der Waals surface area contributed by atoms with Crippen LogP contribution in [0.5, 0.6) is 0 Å². The summed E-state index contributed by atoms with van der Waals surface area (Å²) < 4.78 is 2.26. The molecule has 4 heterocycles. The number of hydrogen-bond donors (Lipinski definition) is 1. The Labute approximate surface area is 193 Å². The SMILES string of the molecule is Cc1ccc(N2C(=S)N[C@H](c3ccccn3)[C@@H]2c2ccc(C)n2-c2cccnc2)cc1C. The first-order valence-electron chi connectivity index (χ1n) is 10.7. The fraction of sp³-hybridized carbons (Fsp3) is 0.192. The quantitative estimate of drug-likeness (QED) is 0.433. The van der Waals surface area contributed by atoms with Crippen LogP contribution in [-0.4, -0.2) is 19.6 Å². The van der Waals surface area contributed by atoms with Crippen molar-refractivity contribution < 1.29 is 0 Å². The van der Waals surface area contributed by atoms with Crippen LogP contribution in [0.2, 0.25) is 0 Å². The molecular formula is C26H25N5S. The first-order chi connectivity index (χ1) is 15.5. The highest BCUT2D eigenvalue weighted by Gasteiger charge is 2.42. The molecule has 0 radical (unpaired) electrons. The average molecular weight is 440 g/mol. The molecule has 2 atom stereocenters. The second-order valence-electron chi connectivity index (χ2n) is 8.21. The maximum absolute atomic E-state index is 5.88. The molecule has 0 saturated carbocycles.